The van der Waals surface area contributed by atoms with E-state index in [4.69, 9.17) is 0 Å². The van der Waals surface area contributed by atoms with Gasteiger partial charge in [0.15, 0.2) is 0 Å². The molecule has 0 saturated carbocycles. The molecular weight excluding hydrogens is 270 g/mol. The summed E-state index contributed by atoms with van der Waals surface area (Å²) in [7, 11) is 0. The van der Waals surface area contributed by atoms with Crippen molar-refractivity contribution in [1.82, 2.24) is 10.2 Å². The number of carbonyl (C=O) groups excluding carboxylic acids is 1. The Bertz CT molecular complexity index is 601. The van der Waals surface area contributed by atoms with Gasteiger partial charge in [0.1, 0.15) is 11.9 Å². The highest BCUT2D eigenvalue weighted by molar-refractivity contribution is 7.09. The lowest BCUT2D eigenvalue weighted by atomic mass is 10.1. The molecule has 4 nitrogen and oxygen atoms in total. The zero-order valence-corrected chi connectivity index (χ0v) is 12.4. The summed E-state index contributed by atoms with van der Waals surface area (Å²) in [6, 6.07) is 3.75. The smallest absolute Gasteiger partial charge is 0.245 e. The Kier molecular flexibility index (Phi) is 3.44. The van der Waals surface area contributed by atoms with Crippen LogP contribution in [0.4, 0.5) is 0 Å². The fraction of sp³-hybridized carbons (Fsp3) is 0.333. The molecule has 0 fully saturated rings. The van der Waals surface area contributed by atoms with E-state index in [-0.39, 0.29) is 18.0 Å². The molecule has 0 radical (unpaired) electrons. The van der Waals surface area contributed by atoms with Gasteiger partial charge < -0.3 is 10.2 Å². The zero-order valence-electron chi connectivity index (χ0n) is 11.5. The molecule has 20 heavy (non-hydrogen) atoms. The molecule has 1 aromatic rings. The van der Waals surface area contributed by atoms with Crippen molar-refractivity contribution < 1.29 is 4.79 Å². The van der Waals surface area contributed by atoms with Crippen molar-refractivity contribution in [3.8, 4) is 0 Å². The van der Waals surface area contributed by atoms with E-state index in [1.54, 1.807) is 11.3 Å². The lowest BCUT2D eigenvalue weighted by Gasteiger charge is -2.26. The monoisotopic (exact) mass is 287 g/mol. The van der Waals surface area contributed by atoms with Gasteiger partial charge in [0.2, 0.25) is 5.91 Å². The van der Waals surface area contributed by atoms with Crippen LogP contribution < -0.4 is 5.32 Å². The van der Waals surface area contributed by atoms with Gasteiger partial charge in [-0.25, -0.2) is 0 Å². The number of nitrogens with zero attached hydrogens (tertiary/aromatic N) is 2. The SMILES string of the molecule is CC1=CN2C(=NC(C)C2C(=O)NCc2cccs2)C=C1. The molecule has 2 atom stereocenters. The lowest BCUT2D eigenvalue weighted by molar-refractivity contribution is -0.124. The number of fused-ring (bicyclic) bond motifs is 1. The number of aliphatic imine (C=N–C) groups is 1. The third kappa shape index (κ3) is 2.41. The zero-order chi connectivity index (χ0) is 14.1. The van der Waals surface area contributed by atoms with Gasteiger partial charge >= 0.3 is 0 Å². The number of thiophene rings is 1. The molecule has 0 bridgehead atoms. The molecule has 0 saturated heterocycles. The fourth-order valence-electron chi connectivity index (χ4n) is 2.50. The number of allylic oxidation sites excluding steroid dienone is 2. The molecule has 0 aliphatic carbocycles. The Morgan fingerprint density at radius 1 is 1.50 bits per heavy atom. The maximum absolute atomic E-state index is 12.4. The Morgan fingerprint density at radius 3 is 3.10 bits per heavy atom. The van der Waals surface area contributed by atoms with Gasteiger partial charge in [0.25, 0.3) is 0 Å². The minimum atomic E-state index is -0.245. The normalized spacial score (nSPS) is 24.2. The Labute approximate surface area is 122 Å². The molecule has 2 aliphatic rings. The van der Waals surface area contributed by atoms with Crippen molar-refractivity contribution in [3.05, 3.63) is 46.3 Å². The molecule has 104 valence electrons. The number of nitrogens with one attached hydrogen (secondary N) is 1. The third-order valence-corrected chi connectivity index (χ3v) is 4.36. The highest BCUT2D eigenvalue weighted by Crippen LogP contribution is 2.23. The van der Waals surface area contributed by atoms with E-state index in [1.165, 1.54) is 0 Å². The Balaban J connectivity index is 1.70. The average molecular weight is 287 g/mol. The first-order valence-corrected chi connectivity index (χ1v) is 7.56. The second-order valence-electron chi connectivity index (χ2n) is 5.08. The van der Waals surface area contributed by atoms with Crippen molar-refractivity contribution in [1.29, 1.82) is 0 Å². The van der Waals surface area contributed by atoms with Crippen LogP contribution in [0.1, 0.15) is 18.7 Å². The second kappa shape index (κ2) is 5.25. The van der Waals surface area contributed by atoms with Crippen LogP contribution in [0.25, 0.3) is 0 Å². The van der Waals surface area contributed by atoms with E-state index in [2.05, 4.69) is 10.3 Å². The van der Waals surface area contributed by atoms with Gasteiger partial charge in [-0.15, -0.1) is 11.3 Å². The van der Waals surface area contributed by atoms with Crippen molar-refractivity contribution in [2.45, 2.75) is 32.5 Å². The molecule has 0 spiro atoms. The lowest BCUT2D eigenvalue weighted by Crippen LogP contribution is -2.47. The minimum absolute atomic E-state index is 0.0277. The summed E-state index contributed by atoms with van der Waals surface area (Å²) in [5.74, 6) is 0.906. The van der Waals surface area contributed by atoms with Crippen molar-refractivity contribution in [2.75, 3.05) is 0 Å². The molecular formula is C15H17N3OS. The summed E-state index contributed by atoms with van der Waals surface area (Å²) in [6.45, 7) is 4.59. The molecule has 1 N–H and O–H groups in total. The number of rotatable bonds is 3. The van der Waals surface area contributed by atoms with Crippen LogP contribution >= 0.6 is 11.3 Å². The van der Waals surface area contributed by atoms with E-state index in [0.29, 0.717) is 6.54 Å². The summed E-state index contributed by atoms with van der Waals surface area (Å²) in [6.07, 6.45) is 5.99. The summed E-state index contributed by atoms with van der Waals surface area (Å²) in [5, 5.41) is 5.02. The first-order valence-electron chi connectivity index (χ1n) is 6.68. The van der Waals surface area contributed by atoms with E-state index in [1.807, 2.05) is 54.6 Å². The first-order chi connectivity index (χ1) is 9.65. The fourth-order valence-corrected chi connectivity index (χ4v) is 3.15. The first kappa shape index (κ1) is 13.1. The standard InChI is InChI=1S/C15H17N3OS/c1-10-5-6-13-17-11(2)14(18(13)9-10)15(19)16-8-12-4-3-7-20-12/h3-7,9,11,14H,8H2,1-2H3,(H,16,19). The van der Waals surface area contributed by atoms with Gasteiger partial charge in [-0.05, 0) is 36.9 Å². The maximum Gasteiger partial charge on any atom is 0.245 e. The van der Waals surface area contributed by atoms with E-state index in [9.17, 15) is 4.79 Å². The van der Waals surface area contributed by atoms with Crippen LogP contribution in [-0.4, -0.2) is 28.7 Å². The molecule has 2 aliphatic heterocycles. The number of hydrogen-bond donors (Lipinski definition) is 1. The van der Waals surface area contributed by atoms with Gasteiger partial charge in [-0.1, -0.05) is 12.1 Å². The quantitative estimate of drug-likeness (QED) is 0.927. The van der Waals surface area contributed by atoms with Crippen molar-refractivity contribution >= 4 is 23.1 Å². The average Bonchev–Trinajstić information content (AvgIpc) is 3.02. The molecule has 5 heteroatoms. The topological polar surface area (TPSA) is 44.7 Å². The van der Waals surface area contributed by atoms with Crippen LogP contribution in [0.2, 0.25) is 0 Å². The Hall–Kier alpha value is -1.88. The number of carbonyl (C=O) groups is 1. The largest absolute Gasteiger partial charge is 0.349 e. The second-order valence-corrected chi connectivity index (χ2v) is 6.12. The molecule has 1 aromatic heterocycles. The van der Waals surface area contributed by atoms with Crippen LogP contribution in [0, 0.1) is 0 Å². The van der Waals surface area contributed by atoms with Crippen LogP contribution in [0.15, 0.2) is 46.4 Å². The van der Waals surface area contributed by atoms with Crippen molar-refractivity contribution in [2.24, 2.45) is 4.99 Å². The van der Waals surface area contributed by atoms with Crippen LogP contribution in [0.3, 0.4) is 0 Å². The predicted molar refractivity (Wildman–Crippen MR) is 81.6 cm³/mol. The van der Waals surface area contributed by atoms with Gasteiger partial charge in [-0.2, -0.15) is 0 Å². The van der Waals surface area contributed by atoms with Gasteiger partial charge in [0.05, 0.1) is 12.6 Å². The van der Waals surface area contributed by atoms with E-state index < -0.39 is 0 Å². The van der Waals surface area contributed by atoms with Gasteiger partial charge in [0, 0.05) is 11.1 Å². The summed E-state index contributed by atoms with van der Waals surface area (Å²) >= 11 is 1.65. The summed E-state index contributed by atoms with van der Waals surface area (Å²) in [5.41, 5.74) is 1.13. The Morgan fingerprint density at radius 2 is 2.35 bits per heavy atom. The molecule has 1 amide bonds. The molecule has 3 rings (SSSR count). The third-order valence-electron chi connectivity index (χ3n) is 3.48. The molecule has 2 unspecified atom stereocenters. The number of amides is 1. The van der Waals surface area contributed by atoms with Gasteiger partial charge in [-0.3, -0.25) is 9.79 Å². The predicted octanol–water partition coefficient (Wildman–Crippen LogP) is 2.31. The number of hydrogen-bond acceptors (Lipinski definition) is 4. The van der Waals surface area contributed by atoms with E-state index >= 15 is 0 Å². The summed E-state index contributed by atoms with van der Waals surface area (Å²) < 4.78 is 0. The van der Waals surface area contributed by atoms with E-state index in [0.717, 1.165) is 16.3 Å². The maximum atomic E-state index is 12.4. The van der Waals surface area contributed by atoms with Crippen LogP contribution in [0.5, 0.6) is 0 Å². The number of amidine groups is 1. The van der Waals surface area contributed by atoms with Crippen molar-refractivity contribution in [3.63, 3.8) is 0 Å². The minimum Gasteiger partial charge on any atom is -0.349 e. The highest BCUT2D eigenvalue weighted by atomic mass is 32.1. The summed E-state index contributed by atoms with van der Waals surface area (Å²) in [4.78, 5) is 20.1. The van der Waals surface area contributed by atoms with Crippen LogP contribution in [-0.2, 0) is 11.3 Å². The highest BCUT2D eigenvalue weighted by Gasteiger charge is 2.37. The molecule has 3 heterocycles. The molecule has 0 aromatic carbocycles.